The molecule has 164 valence electrons. The molecule has 0 saturated carbocycles. The average Bonchev–Trinajstić information content (AvgIpc) is 2.68. The summed E-state index contributed by atoms with van der Waals surface area (Å²) in [5.74, 6) is 1.08. The first-order valence-electron chi connectivity index (χ1n) is 10.3. The van der Waals surface area contributed by atoms with E-state index < -0.39 is 5.54 Å². The number of nitrogens with zero attached hydrogens (tertiary/aromatic N) is 1. The maximum Gasteiger partial charge on any atom is 0.226 e. The number of benzene rings is 1. The standard InChI is InChI=1S/C22H35N3O3.ClH/c1-17(2)14-22(3,16-23)24-21(27)18-8-7-12-25(15-18)20(26)11-13-28-19-9-5-4-6-10-19;/h4-6,9-10,17-18H,7-8,11-16,23H2,1-3H3,(H,24,27);1H. The van der Waals surface area contributed by atoms with Crippen LogP contribution in [0.5, 0.6) is 5.75 Å². The van der Waals surface area contributed by atoms with E-state index in [2.05, 4.69) is 19.2 Å². The second-order valence-electron chi connectivity index (χ2n) is 8.44. The molecule has 3 N–H and O–H groups in total. The smallest absolute Gasteiger partial charge is 0.226 e. The van der Waals surface area contributed by atoms with Gasteiger partial charge in [-0.25, -0.2) is 0 Å². The topological polar surface area (TPSA) is 84.7 Å². The van der Waals surface area contributed by atoms with Gasteiger partial charge in [0.15, 0.2) is 0 Å². The highest BCUT2D eigenvalue weighted by molar-refractivity contribution is 5.85. The van der Waals surface area contributed by atoms with E-state index in [0.717, 1.165) is 25.0 Å². The summed E-state index contributed by atoms with van der Waals surface area (Å²) in [6.07, 6.45) is 2.80. The first-order chi connectivity index (χ1) is 13.3. The molecule has 2 unspecified atom stereocenters. The molecule has 1 aliphatic heterocycles. The lowest BCUT2D eigenvalue weighted by Gasteiger charge is -2.36. The molecule has 1 saturated heterocycles. The molecule has 2 atom stereocenters. The van der Waals surface area contributed by atoms with Crippen molar-refractivity contribution in [3.05, 3.63) is 30.3 Å². The van der Waals surface area contributed by atoms with Gasteiger partial charge in [-0.2, -0.15) is 0 Å². The minimum Gasteiger partial charge on any atom is -0.493 e. The van der Waals surface area contributed by atoms with Crippen LogP contribution < -0.4 is 15.8 Å². The van der Waals surface area contributed by atoms with E-state index in [9.17, 15) is 9.59 Å². The number of ether oxygens (including phenoxy) is 1. The van der Waals surface area contributed by atoms with Crippen molar-refractivity contribution in [1.29, 1.82) is 0 Å². The Bertz CT molecular complexity index is 641. The van der Waals surface area contributed by atoms with Crippen molar-refractivity contribution in [2.24, 2.45) is 17.6 Å². The van der Waals surface area contributed by atoms with Crippen molar-refractivity contribution >= 4 is 24.2 Å². The lowest BCUT2D eigenvalue weighted by atomic mass is 9.89. The van der Waals surface area contributed by atoms with Gasteiger partial charge < -0.3 is 20.7 Å². The molecule has 0 spiro atoms. The van der Waals surface area contributed by atoms with Gasteiger partial charge in [0.2, 0.25) is 11.8 Å². The molecular formula is C22H36ClN3O3. The summed E-state index contributed by atoms with van der Waals surface area (Å²) in [5.41, 5.74) is 5.52. The fraction of sp³-hybridized carbons (Fsp3) is 0.636. The SMILES string of the molecule is CC(C)CC(C)(CN)NC(=O)C1CCCN(C(=O)CCOc2ccccc2)C1.Cl. The highest BCUT2D eigenvalue weighted by Gasteiger charge is 2.32. The molecule has 1 aromatic carbocycles. The zero-order valence-electron chi connectivity index (χ0n) is 17.9. The quantitative estimate of drug-likeness (QED) is 0.636. The van der Waals surface area contributed by atoms with Gasteiger partial charge in [-0.1, -0.05) is 32.0 Å². The highest BCUT2D eigenvalue weighted by Crippen LogP contribution is 2.21. The maximum atomic E-state index is 12.8. The number of nitrogens with two attached hydrogens (primary N) is 1. The van der Waals surface area contributed by atoms with Gasteiger partial charge in [0.05, 0.1) is 18.9 Å². The Morgan fingerprint density at radius 1 is 1.31 bits per heavy atom. The predicted molar refractivity (Wildman–Crippen MR) is 118 cm³/mol. The Morgan fingerprint density at radius 2 is 2.00 bits per heavy atom. The van der Waals surface area contributed by atoms with E-state index in [1.807, 2.05) is 37.3 Å². The summed E-state index contributed by atoms with van der Waals surface area (Å²) in [6.45, 7) is 8.17. The number of hydrogen-bond acceptors (Lipinski definition) is 4. The van der Waals surface area contributed by atoms with Gasteiger partial charge in [-0.3, -0.25) is 9.59 Å². The fourth-order valence-electron chi connectivity index (χ4n) is 3.83. The van der Waals surface area contributed by atoms with E-state index in [0.29, 0.717) is 38.6 Å². The van der Waals surface area contributed by atoms with Crippen LogP contribution in [0.25, 0.3) is 0 Å². The largest absolute Gasteiger partial charge is 0.493 e. The van der Waals surface area contributed by atoms with Crippen molar-refractivity contribution < 1.29 is 14.3 Å². The van der Waals surface area contributed by atoms with E-state index in [1.54, 1.807) is 4.90 Å². The molecule has 1 aliphatic rings. The third-order valence-corrected chi connectivity index (χ3v) is 5.21. The summed E-state index contributed by atoms with van der Waals surface area (Å²) >= 11 is 0. The molecule has 6 nitrogen and oxygen atoms in total. The summed E-state index contributed by atoms with van der Waals surface area (Å²) in [4.78, 5) is 27.1. The van der Waals surface area contributed by atoms with Crippen LogP contribution in [0, 0.1) is 11.8 Å². The number of halogens is 1. The molecule has 0 aromatic heterocycles. The molecule has 1 aromatic rings. The van der Waals surface area contributed by atoms with Crippen molar-refractivity contribution in [3.63, 3.8) is 0 Å². The van der Waals surface area contributed by atoms with Gasteiger partial charge in [-0.15, -0.1) is 12.4 Å². The monoisotopic (exact) mass is 425 g/mol. The molecule has 2 amide bonds. The van der Waals surface area contributed by atoms with Gasteiger partial charge in [0, 0.05) is 25.2 Å². The normalized spacial score (nSPS) is 18.5. The highest BCUT2D eigenvalue weighted by atomic mass is 35.5. The van der Waals surface area contributed by atoms with E-state index in [1.165, 1.54) is 0 Å². The van der Waals surface area contributed by atoms with E-state index in [-0.39, 0.29) is 30.1 Å². The van der Waals surface area contributed by atoms with Crippen molar-refractivity contribution in [3.8, 4) is 5.75 Å². The Balaban J connectivity index is 0.00000420. The molecule has 0 radical (unpaired) electrons. The number of piperidine rings is 1. The van der Waals surface area contributed by atoms with E-state index in [4.69, 9.17) is 10.5 Å². The minimum atomic E-state index is -0.402. The predicted octanol–water partition coefficient (Wildman–Crippen LogP) is 3.00. The van der Waals surface area contributed by atoms with Crippen LogP contribution in [0.4, 0.5) is 0 Å². The van der Waals surface area contributed by atoms with Crippen molar-refractivity contribution in [2.45, 2.75) is 52.0 Å². The first kappa shape index (κ1) is 25.2. The second-order valence-corrected chi connectivity index (χ2v) is 8.44. The molecule has 1 fully saturated rings. The third kappa shape index (κ3) is 8.23. The summed E-state index contributed by atoms with van der Waals surface area (Å²) < 4.78 is 5.62. The van der Waals surface area contributed by atoms with Crippen LogP contribution in [0.3, 0.4) is 0 Å². The van der Waals surface area contributed by atoms with Crippen LogP contribution in [0.2, 0.25) is 0 Å². The number of amides is 2. The molecular weight excluding hydrogens is 390 g/mol. The zero-order chi connectivity index (χ0) is 20.6. The number of para-hydroxylation sites is 1. The molecule has 7 heteroatoms. The Kier molecular flexibility index (Phi) is 10.5. The second kappa shape index (κ2) is 12.0. The van der Waals surface area contributed by atoms with E-state index >= 15 is 0 Å². The van der Waals surface area contributed by atoms with Gasteiger partial charge in [0.25, 0.3) is 0 Å². The fourth-order valence-corrected chi connectivity index (χ4v) is 3.83. The summed E-state index contributed by atoms with van der Waals surface area (Å²) in [6, 6.07) is 9.47. The van der Waals surface area contributed by atoms with Crippen LogP contribution in [-0.4, -0.2) is 48.5 Å². The Labute approximate surface area is 181 Å². The number of likely N-dealkylation sites (tertiary alicyclic amines) is 1. The van der Waals surface area contributed by atoms with Crippen LogP contribution >= 0.6 is 12.4 Å². The Morgan fingerprint density at radius 3 is 2.62 bits per heavy atom. The number of carbonyl (C=O) groups is 2. The summed E-state index contributed by atoms with van der Waals surface area (Å²) in [5, 5.41) is 3.14. The minimum absolute atomic E-state index is 0. The Hall–Kier alpha value is -1.79. The number of nitrogens with one attached hydrogen (secondary N) is 1. The third-order valence-electron chi connectivity index (χ3n) is 5.21. The summed E-state index contributed by atoms with van der Waals surface area (Å²) in [7, 11) is 0. The van der Waals surface area contributed by atoms with Crippen molar-refractivity contribution in [2.75, 3.05) is 26.2 Å². The maximum absolute atomic E-state index is 12.8. The van der Waals surface area contributed by atoms with Crippen molar-refractivity contribution in [1.82, 2.24) is 10.2 Å². The molecule has 0 bridgehead atoms. The molecule has 2 rings (SSSR count). The number of hydrogen-bond donors (Lipinski definition) is 2. The van der Waals surface area contributed by atoms with Crippen LogP contribution in [0.1, 0.15) is 46.5 Å². The lowest BCUT2D eigenvalue weighted by molar-refractivity contribution is -0.136. The number of carbonyl (C=O) groups excluding carboxylic acids is 2. The van der Waals surface area contributed by atoms with Gasteiger partial charge in [-0.05, 0) is 44.2 Å². The first-order valence-corrected chi connectivity index (χ1v) is 10.3. The molecule has 1 heterocycles. The lowest BCUT2D eigenvalue weighted by Crippen LogP contribution is -2.55. The zero-order valence-corrected chi connectivity index (χ0v) is 18.7. The van der Waals surface area contributed by atoms with Crippen LogP contribution in [-0.2, 0) is 9.59 Å². The van der Waals surface area contributed by atoms with Gasteiger partial charge in [0.1, 0.15) is 5.75 Å². The molecule has 0 aliphatic carbocycles. The molecule has 29 heavy (non-hydrogen) atoms. The van der Waals surface area contributed by atoms with Crippen LogP contribution in [0.15, 0.2) is 30.3 Å². The van der Waals surface area contributed by atoms with Gasteiger partial charge >= 0.3 is 0 Å². The average molecular weight is 426 g/mol. The number of rotatable bonds is 9.